The number of rotatable bonds is 6. The number of esters is 1. The Bertz CT molecular complexity index is 1040. The highest BCUT2D eigenvalue weighted by Gasteiger charge is 2.24. The molecule has 0 aliphatic carbocycles. The van der Waals surface area contributed by atoms with Crippen molar-refractivity contribution in [3.05, 3.63) is 58.9 Å². The fourth-order valence-corrected chi connectivity index (χ4v) is 2.78. The van der Waals surface area contributed by atoms with Crippen LogP contribution in [-0.4, -0.2) is 33.4 Å². The standard InChI is InChI=1S/C20H21FN4O4/c1-11(2)19-18(13(4)24-29-19)20(27)28-10-17(26)22-16-9-12(3)23-25(16)15-7-5-14(21)6-8-15/h5-9,11H,10H2,1-4H3,(H,22,26). The highest BCUT2D eigenvalue weighted by Crippen LogP contribution is 2.23. The van der Waals surface area contributed by atoms with E-state index in [2.05, 4.69) is 15.6 Å². The van der Waals surface area contributed by atoms with Crippen molar-refractivity contribution in [1.82, 2.24) is 14.9 Å². The number of halogens is 1. The Labute approximate surface area is 166 Å². The average Bonchev–Trinajstić information content (AvgIpc) is 3.23. The van der Waals surface area contributed by atoms with Crippen molar-refractivity contribution >= 4 is 17.7 Å². The van der Waals surface area contributed by atoms with E-state index in [1.807, 2.05) is 13.8 Å². The zero-order valence-corrected chi connectivity index (χ0v) is 16.5. The predicted molar refractivity (Wildman–Crippen MR) is 103 cm³/mol. The van der Waals surface area contributed by atoms with Gasteiger partial charge >= 0.3 is 5.97 Å². The van der Waals surface area contributed by atoms with Crippen LogP contribution in [0.3, 0.4) is 0 Å². The van der Waals surface area contributed by atoms with Gasteiger partial charge < -0.3 is 14.6 Å². The first-order chi connectivity index (χ1) is 13.8. The molecule has 0 aliphatic rings. The van der Waals surface area contributed by atoms with Crippen LogP contribution in [0.15, 0.2) is 34.9 Å². The van der Waals surface area contributed by atoms with Crippen LogP contribution in [-0.2, 0) is 9.53 Å². The van der Waals surface area contributed by atoms with Crippen LogP contribution >= 0.6 is 0 Å². The van der Waals surface area contributed by atoms with Gasteiger partial charge in [-0.25, -0.2) is 13.9 Å². The molecule has 0 spiro atoms. The van der Waals surface area contributed by atoms with Crippen molar-refractivity contribution in [3.8, 4) is 5.69 Å². The van der Waals surface area contributed by atoms with E-state index in [1.165, 1.54) is 16.8 Å². The number of carbonyl (C=O) groups is 2. The van der Waals surface area contributed by atoms with Crippen molar-refractivity contribution in [2.24, 2.45) is 0 Å². The first kappa shape index (κ1) is 20.2. The topological polar surface area (TPSA) is 99.2 Å². The van der Waals surface area contributed by atoms with Crippen LogP contribution in [0.25, 0.3) is 5.69 Å². The first-order valence-electron chi connectivity index (χ1n) is 9.02. The van der Waals surface area contributed by atoms with E-state index in [1.54, 1.807) is 32.0 Å². The largest absolute Gasteiger partial charge is 0.452 e. The van der Waals surface area contributed by atoms with E-state index >= 15 is 0 Å². The third kappa shape index (κ3) is 4.50. The summed E-state index contributed by atoms with van der Waals surface area (Å²) in [4.78, 5) is 24.7. The molecule has 8 nitrogen and oxygen atoms in total. The molecule has 0 unspecified atom stereocenters. The minimum Gasteiger partial charge on any atom is -0.452 e. The Morgan fingerprint density at radius 3 is 2.59 bits per heavy atom. The molecule has 2 heterocycles. The molecule has 0 bridgehead atoms. The highest BCUT2D eigenvalue weighted by atomic mass is 19.1. The number of anilines is 1. The summed E-state index contributed by atoms with van der Waals surface area (Å²) < 4.78 is 24.9. The Kier molecular flexibility index (Phi) is 5.76. The maximum atomic E-state index is 13.2. The van der Waals surface area contributed by atoms with Gasteiger partial charge in [0.2, 0.25) is 0 Å². The summed E-state index contributed by atoms with van der Waals surface area (Å²) in [6, 6.07) is 7.34. The normalized spacial score (nSPS) is 11.0. The van der Waals surface area contributed by atoms with Gasteiger partial charge in [0.25, 0.3) is 5.91 Å². The van der Waals surface area contributed by atoms with Crippen LogP contribution in [0, 0.1) is 19.7 Å². The lowest BCUT2D eigenvalue weighted by Crippen LogP contribution is -2.23. The number of carbonyl (C=O) groups excluding carboxylic acids is 2. The predicted octanol–water partition coefficient (Wildman–Crippen LogP) is 3.54. The molecule has 3 aromatic rings. The number of hydrogen-bond acceptors (Lipinski definition) is 6. The van der Waals surface area contributed by atoms with Crippen LogP contribution < -0.4 is 5.32 Å². The first-order valence-corrected chi connectivity index (χ1v) is 9.02. The second kappa shape index (κ2) is 8.26. The molecule has 0 saturated carbocycles. The fourth-order valence-electron chi connectivity index (χ4n) is 2.78. The molecular formula is C20H21FN4O4. The summed E-state index contributed by atoms with van der Waals surface area (Å²) in [5, 5.41) is 10.7. The molecule has 0 fully saturated rings. The summed E-state index contributed by atoms with van der Waals surface area (Å²) >= 11 is 0. The second-order valence-corrected chi connectivity index (χ2v) is 6.85. The quantitative estimate of drug-likeness (QED) is 0.636. The number of amides is 1. The van der Waals surface area contributed by atoms with Gasteiger partial charge in [-0.1, -0.05) is 19.0 Å². The lowest BCUT2D eigenvalue weighted by molar-refractivity contribution is -0.119. The lowest BCUT2D eigenvalue weighted by atomic mass is 10.1. The minimum atomic E-state index is -0.675. The highest BCUT2D eigenvalue weighted by molar-refractivity contribution is 5.96. The van der Waals surface area contributed by atoms with Crippen molar-refractivity contribution in [2.45, 2.75) is 33.6 Å². The van der Waals surface area contributed by atoms with Crippen LogP contribution in [0.1, 0.15) is 47.3 Å². The Morgan fingerprint density at radius 1 is 1.24 bits per heavy atom. The molecule has 0 radical (unpaired) electrons. The van der Waals surface area contributed by atoms with Gasteiger partial charge in [-0.3, -0.25) is 4.79 Å². The second-order valence-electron chi connectivity index (χ2n) is 6.85. The lowest BCUT2D eigenvalue weighted by Gasteiger charge is -2.10. The van der Waals surface area contributed by atoms with Gasteiger partial charge in [-0.15, -0.1) is 0 Å². The summed E-state index contributed by atoms with van der Waals surface area (Å²) in [7, 11) is 0. The number of aryl methyl sites for hydroxylation is 2. The zero-order valence-electron chi connectivity index (χ0n) is 16.5. The molecule has 0 atom stereocenters. The summed E-state index contributed by atoms with van der Waals surface area (Å²) in [6.45, 7) is 6.63. The van der Waals surface area contributed by atoms with Gasteiger partial charge in [-0.2, -0.15) is 5.10 Å². The van der Waals surface area contributed by atoms with Crippen molar-refractivity contribution in [3.63, 3.8) is 0 Å². The summed E-state index contributed by atoms with van der Waals surface area (Å²) in [6.07, 6.45) is 0. The molecular weight excluding hydrogens is 379 g/mol. The van der Waals surface area contributed by atoms with E-state index in [0.717, 1.165) is 0 Å². The van der Waals surface area contributed by atoms with Crippen LogP contribution in [0.2, 0.25) is 0 Å². The number of nitrogens with one attached hydrogen (secondary N) is 1. The van der Waals surface area contributed by atoms with Gasteiger partial charge in [-0.05, 0) is 38.1 Å². The minimum absolute atomic E-state index is 0.0550. The maximum absolute atomic E-state index is 13.2. The molecule has 2 aromatic heterocycles. The third-order valence-corrected chi connectivity index (χ3v) is 4.12. The SMILES string of the molecule is Cc1cc(NC(=O)COC(=O)c2c(C)noc2C(C)C)n(-c2ccc(F)cc2)n1. The maximum Gasteiger partial charge on any atom is 0.344 e. The van der Waals surface area contributed by atoms with Crippen LogP contribution in [0.4, 0.5) is 10.2 Å². The monoisotopic (exact) mass is 400 g/mol. The fraction of sp³-hybridized carbons (Fsp3) is 0.300. The molecule has 1 aromatic carbocycles. The van der Waals surface area contributed by atoms with Gasteiger partial charge in [0.15, 0.2) is 12.4 Å². The molecule has 0 aliphatic heterocycles. The van der Waals surface area contributed by atoms with E-state index < -0.39 is 18.5 Å². The summed E-state index contributed by atoms with van der Waals surface area (Å²) in [5.74, 6) is -0.856. The van der Waals surface area contributed by atoms with E-state index in [-0.39, 0.29) is 17.3 Å². The van der Waals surface area contributed by atoms with Crippen molar-refractivity contribution in [2.75, 3.05) is 11.9 Å². The number of benzene rings is 1. The van der Waals surface area contributed by atoms with Gasteiger partial charge in [0, 0.05) is 12.0 Å². The van der Waals surface area contributed by atoms with E-state index in [0.29, 0.717) is 28.7 Å². The number of nitrogens with zero attached hydrogens (tertiary/aromatic N) is 3. The van der Waals surface area contributed by atoms with Gasteiger partial charge in [0.1, 0.15) is 17.2 Å². The molecule has 29 heavy (non-hydrogen) atoms. The molecule has 152 valence electrons. The molecule has 1 amide bonds. The molecule has 3 rings (SSSR count). The Hall–Kier alpha value is -3.49. The zero-order chi connectivity index (χ0) is 21.1. The third-order valence-electron chi connectivity index (χ3n) is 4.12. The Morgan fingerprint density at radius 2 is 1.93 bits per heavy atom. The number of hydrogen-bond donors (Lipinski definition) is 1. The smallest absolute Gasteiger partial charge is 0.344 e. The van der Waals surface area contributed by atoms with Gasteiger partial charge in [0.05, 0.1) is 17.1 Å². The van der Waals surface area contributed by atoms with Crippen molar-refractivity contribution in [1.29, 1.82) is 0 Å². The van der Waals surface area contributed by atoms with Crippen LogP contribution in [0.5, 0.6) is 0 Å². The summed E-state index contributed by atoms with van der Waals surface area (Å²) in [5.41, 5.74) is 1.88. The number of aromatic nitrogens is 3. The molecule has 0 saturated heterocycles. The Balaban J connectivity index is 1.69. The molecule has 9 heteroatoms. The van der Waals surface area contributed by atoms with E-state index in [9.17, 15) is 14.0 Å². The van der Waals surface area contributed by atoms with E-state index in [4.69, 9.17) is 9.26 Å². The molecule has 1 N–H and O–H groups in total. The number of ether oxygens (including phenoxy) is 1. The average molecular weight is 400 g/mol. The van der Waals surface area contributed by atoms with Crippen molar-refractivity contribution < 1.29 is 23.2 Å².